The molecule has 0 aliphatic carbocycles. The van der Waals surface area contributed by atoms with Crippen molar-refractivity contribution in [2.24, 2.45) is 5.92 Å². The van der Waals surface area contributed by atoms with E-state index < -0.39 is 0 Å². The third-order valence-electron chi connectivity index (χ3n) is 3.58. The first-order valence-electron chi connectivity index (χ1n) is 6.40. The Bertz CT molecular complexity index is 461. The van der Waals surface area contributed by atoms with E-state index in [0.717, 1.165) is 5.69 Å². The maximum absolute atomic E-state index is 12.0. The molecule has 1 saturated heterocycles. The molecule has 0 spiro atoms. The van der Waals surface area contributed by atoms with Crippen molar-refractivity contribution in [1.82, 2.24) is 9.88 Å². The number of carbonyl (C=O) groups is 2. The van der Waals surface area contributed by atoms with Crippen molar-refractivity contribution >= 4 is 11.9 Å². The van der Waals surface area contributed by atoms with Crippen molar-refractivity contribution in [2.45, 2.75) is 32.4 Å². The summed E-state index contributed by atoms with van der Waals surface area (Å²) >= 11 is 0. The zero-order chi connectivity index (χ0) is 13.8. The van der Waals surface area contributed by atoms with Crippen LogP contribution < -0.4 is 0 Å². The summed E-state index contributed by atoms with van der Waals surface area (Å²) in [5.41, 5.74) is 0.833. The molecule has 1 amide bonds. The van der Waals surface area contributed by atoms with Gasteiger partial charge in [-0.05, 0) is 25.5 Å². The first-order chi connectivity index (χ1) is 9.13. The van der Waals surface area contributed by atoms with E-state index in [9.17, 15) is 9.59 Å². The molecule has 2 heterocycles. The van der Waals surface area contributed by atoms with Crippen LogP contribution in [0.3, 0.4) is 0 Å². The molecule has 0 saturated carbocycles. The Morgan fingerprint density at radius 3 is 3.00 bits per heavy atom. The van der Waals surface area contributed by atoms with Gasteiger partial charge < -0.3 is 9.64 Å². The summed E-state index contributed by atoms with van der Waals surface area (Å²) in [6, 6.07) is 5.51. The lowest BCUT2D eigenvalue weighted by Crippen LogP contribution is -2.40. The van der Waals surface area contributed by atoms with Gasteiger partial charge in [0.25, 0.3) is 0 Å². The van der Waals surface area contributed by atoms with E-state index in [-0.39, 0.29) is 23.8 Å². The highest BCUT2D eigenvalue weighted by Crippen LogP contribution is 2.27. The Kier molecular flexibility index (Phi) is 4.14. The molecule has 1 aromatic heterocycles. The highest BCUT2D eigenvalue weighted by Gasteiger charge is 2.38. The van der Waals surface area contributed by atoms with Crippen LogP contribution in [0.4, 0.5) is 0 Å². The number of aromatic nitrogens is 1. The second-order valence-electron chi connectivity index (χ2n) is 4.76. The molecule has 1 aliphatic rings. The van der Waals surface area contributed by atoms with E-state index in [4.69, 9.17) is 4.74 Å². The van der Waals surface area contributed by atoms with Crippen molar-refractivity contribution in [1.29, 1.82) is 0 Å². The summed E-state index contributed by atoms with van der Waals surface area (Å²) in [7, 11) is 1.37. The Labute approximate surface area is 112 Å². The van der Waals surface area contributed by atoms with Crippen LogP contribution in [-0.2, 0) is 20.9 Å². The van der Waals surface area contributed by atoms with E-state index >= 15 is 0 Å². The van der Waals surface area contributed by atoms with E-state index in [1.165, 1.54) is 7.11 Å². The van der Waals surface area contributed by atoms with E-state index in [0.29, 0.717) is 19.4 Å². The molecule has 102 valence electrons. The van der Waals surface area contributed by atoms with Crippen LogP contribution in [0.2, 0.25) is 0 Å². The molecule has 5 heteroatoms. The number of methoxy groups -OCH3 is 1. The number of nitrogens with zero attached hydrogens (tertiary/aromatic N) is 2. The predicted molar refractivity (Wildman–Crippen MR) is 69.0 cm³/mol. The van der Waals surface area contributed by atoms with Crippen LogP contribution in [-0.4, -0.2) is 34.9 Å². The lowest BCUT2D eigenvalue weighted by atomic mass is 9.99. The minimum Gasteiger partial charge on any atom is -0.469 e. The van der Waals surface area contributed by atoms with Gasteiger partial charge in [-0.25, -0.2) is 0 Å². The van der Waals surface area contributed by atoms with Crippen LogP contribution in [0.1, 0.15) is 25.5 Å². The van der Waals surface area contributed by atoms with Gasteiger partial charge in [0, 0.05) is 18.7 Å². The number of esters is 1. The molecule has 2 atom stereocenters. The smallest absolute Gasteiger partial charge is 0.310 e. The van der Waals surface area contributed by atoms with Gasteiger partial charge in [-0.15, -0.1) is 0 Å². The largest absolute Gasteiger partial charge is 0.469 e. The summed E-state index contributed by atoms with van der Waals surface area (Å²) in [6.07, 6.45) is 2.88. The van der Waals surface area contributed by atoms with E-state index in [1.807, 2.05) is 18.2 Å². The van der Waals surface area contributed by atoms with Crippen LogP contribution in [0.5, 0.6) is 0 Å². The predicted octanol–water partition coefficient (Wildman–Crippen LogP) is 1.38. The number of pyridine rings is 1. The van der Waals surface area contributed by atoms with Gasteiger partial charge in [0.05, 0.1) is 25.3 Å². The summed E-state index contributed by atoms with van der Waals surface area (Å²) in [5, 5.41) is 0. The second-order valence-corrected chi connectivity index (χ2v) is 4.76. The Balaban J connectivity index is 2.12. The van der Waals surface area contributed by atoms with Crippen LogP contribution in [0, 0.1) is 5.92 Å². The molecule has 0 bridgehead atoms. The molecule has 0 radical (unpaired) electrons. The average Bonchev–Trinajstić information content (AvgIpc) is 2.80. The first-order valence-corrected chi connectivity index (χ1v) is 6.40. The van der Waals surface area contributed by atoms with E-state index in [1.54, 1.807) is 18.0 Å². The van der Waals surface area contributed by atoms with Crippen LogP contribution in [0.25, 0.3) is 0 Å². The summed E-state index contributed by atoms with van der Waals surface area (Å²) in [5.74, 6) is -0.503. The Morgan fingerprint density at radius 2 is 2.37 bits per heavy atom. The molecule has 2 unspecified atom stereocenters. The number of ether oxygens (including phenoxy) is 1. The van der Waals surface area contributed by atoms with Gasteiger partial charge in [0.1, 0.15) is 0 Å². The Hall–Kier alpha value is -1.91. The number of hydrogen-bond donors (Lipinski definition) is 0. The van der Waals surface area contributed by atoms with Crippen LogP contribution >= 0.6 is 0 Å². The molecular formula is C14H18N2O3. The van der Waals surface area contributed by atoms with Gasteiger partial charge in [0.15, 0.2) is 0 Å². The summed E-state index contributed by atoms with van der Waals surface area (Å²) in [6.45, 7) is 2.26. The quantitative estimate of drug-likeness (QED) is 0.769. The fourth-order valence-electron chi connectivity index (χ4n) is 2.49. The standard InChI is InChI=1S/C14H18N2O3/c1-10(14(18)19-2)12-6-7-13(17)16(12)9-11-5-3-4-8-15-11/h3-5,8,10,12H,6-7,9H2,1-2H3. The third-order valence-corrected chi connectivity index (χ3v) is 3.58. The minimum absolute atomic E-state index is 0.0754. The van der Waals surface area contributed by atoms with Gasteiger partial charge >= 0.3 is 5.97 Å². The van der Waals surface area contributed by atoms with Crippen molar-refractivity contribution < 1.29 is 14.3 Å². The number of likely N-dealkylation sites (tertiary alicyclic amines) is 1. The lowest BCUT2D eigenvalue weighted by molar-refractivity contribution is -0.147. The normalized spacial score (nSPS) is 20.4. The highest BCUT2D eigenvalue weighted by molar-refractivity contribution is 5.81. The number of rotatable bonds is 4. The monoisotopic (exact) mass is 262 g/mol. The van der Waals surface area contributed by atoms with Crippen molar-refractivity contribution in [3.8, 4) is 0 Å². The number of carbonyl (C=O) groups excluding carboxylic acids is 2. The average molecular weight is 262 g/mol. The van der Waals surface area contributed by atoms with Crippen molar-refractivity contribution in [3.63, 3.8) is 0 Å². The third kappa shape index (κ3) is 2.92. The first kappa shape index (κ1) is 13.5. The fourth-order valence-corrected chi connectivity index (χ4v) is 2.49. The van der Waals surface area contributed by atoms with Gasteiger partial charge in [-0.3, -0.25) is 14.6 Å². The summed E-state index contributed by atoms with van der Waals surface area (Å²) < 4.78 is 4.77. The molecule has 1 aromatic rings. The van der Waals surface area contributed by atoms with Crippen molar-refractivity contribution in [3.05, 3.63) is 30.1 Å². The molecule has 0 N–H and O–H groups in total. The topological polar surface area (TPSA) is 59.5 Å². The molecule has 1 aliphatic heterocycles. The molecular weight excluding hydrogens is 244 g/mol. The lowest BCUT2D eigenvalue weighted by Gasteiger charge is -2.28. The number of hydrogen-bond acceptors (Lipinski definition) is 4. The molecule has 2 rings (SSSR count). The van der Waals surface area contributed by atoms with E-state index in [2.05, 4.69) is 4.98 Å². The minimum atomic E-state index is -0.305. The van der Waals surface area contributed by atoms with Gasteiger partial charge in [-0.2, -0.15) is 0 Å². The number of amides is 1. The SMILES string of the molecule is COC(=O)C(C)C1CCC(=O)N1Cc1ccccn1. The van der Waals surface area contributed by atoms with Gasteiger partial charge in [-0.1, -0.05) is 6.07 Å². The fraction of sp³-hybridized carbons (Fsp3) is 0.500. The maximum Gasteiger partial charge on any atom is 0.310 e. The second kappa shape index (κ2) is 5.82. The molecule has 19 heavy (non-hydrogen) atoms. The molecule has 1 fully saturated rings. The zero-order valence-electron chi connectivity index (χ0n) is 11.2. The maximum atomic E-state index is 12.0. The van der Waals surface area contributed by atoms with Crippen molar-refractivity contribution in [2.75, 3.05) is 7.11 Å². The molecule has 5 nitrogen and oxygen atoms in total. The van der Waals surface area contributed by atoms with Gasteiger partial charge in [0.2, 0.25) is 5.91 Å². The molecule has 0 aromatic carbocycles. The zero-order valence-corrected chi connectivity index (χ0v) is 11.2. The van der Waals surface area contributed by atoms with Crippen LogP contribution in [0.15, 0.2) is 24.4 Å². The highest BCUT2D eigenvalue weighted by atomic mass is 16.5. The summed E-state index contributed by atoms with van der Waals surface area (Å²) in [4.78, 5) is 29.5. The Morgan fingerprint density at radius 1 is 1.58 bits per heavy atom.